The summed E-state index contributed by atoms with van der Waals surface area (Å²) in [6, 6.07) is 6.98. The molecule has 1 rings (SSSR count). The van der Waals surface area contributed by atoms with E-state index in [0.717, 1.165) is 11.8 Å². The molecule has 0 unspecified atom stereocenters. The number of hydrogen-bond acceptors (Lipinski definition) is 4. The predicted octanol–water partition coefficient (Wildman–Crippen LogP) is 0.435. The first kappa shape index (κ1) is 17.9. The molecule has 1 aromatic carbocycles. The van der Waals surface area contributed by atoms with Crippen LogP contribution >= 0.6 is 0 Å². The zero-order valence-corrected chi connectivity index (χ0v) is 13.7. The standard InChI is InChI=1S/C12H21N3O4S2/c1-3-13-21(18,19)14-10-4-5-11-6-8-12(9-7-11)15-20(2,16)17/h6-9,13-15H,3-5,10H2,1-2H3. The molecule has 21 heavy (non-hydrogen) atoms. The summed E-state index contributed by atoms with van der Waals surface area (Å²) in [4.78, 5) is 0. The fourth-order valence-electron chi connectivity index (χ4n) is 1.69. The average molecular weight is 335 g/mol. The Morgan fingerprint density at radius 2 is 1.62 bits per heavy atom. The number of sulfonamides is 1. The van der Waals surface area contributed by atoms with Crippen LogP contribution in [0.15, 0.2) is 24.3 Å². The predicted molar refractivity (Wildman–Crippen MR) is 83.8 cm³/mol. The van der Waals surface area contributed by atoms with Crippen molar-refractivity contribution in [1.82, 2.24) is 9.44 Å². The minimum absolute atomic E-state index is 0.346. The molecule has 0 bridgehead atoms. The van der Waals surface area contributed by atoms with Gasteiger partial charge < -0.3 is 0 Å². The minimum Gasteiger partial charge on any atom is -0.284 e. The van der Waals surface area contributed by atoms with E-state index in [2.05, 4.69) is 14.2 Å². The lowest BCUT2D eigenvalue weighted by Gasteiger charge is -2.07. The largest absolute Gasteiger partial charge is 0.284 e. The monoisotopic (exact) mass is 335 g/mol. The molecule has 1 aromatic rings. The zero-order valence-electron chi connectivity index (χ0n) is 12.1. The van der Waals surface area contributed by atoms with Crippen molar-refractivity contribution < 1.29 is 16.8 Å². The normalized spacial score (nSPS) is 12.3. The van der Waals surface area contributed by atoms with Crippen LogP contribution in [0.2, 0.25) is 0 Å². The molecule has 0 atom stereocenters. The molecule has 0 spiro atoms. The molecule has 9 heteroatoms. The lowest BCUT2D eigenvalue weighted by Crippen LogP contribution is -2.36. The highest BCUT2D eigenvalue weighted by Crippen LogP contribution is 2.12. The molecular weight excluding hydrogens is 314 g/mol. The second-order valence-corrected chi connectivity index (χ2v) is 7.90. The van der Waals surface area contributed by atoms with Crippen LogP contribution in [0.4, 0.5) is 5.69 Å². The summed E-state index contributed by atoms with van der Waals surface area (Å²) in [6.45, 7) is 2.41. The quantitative estimate of drug-likeness (QED) is 0.569. The van der Waals surface area contributed by atoms with Gasteiger partial charge in [-0.1, -0.05) is 19.1 Å². The maximum absolute atomic E-state index is 11.3. The second kappa shape index (κ2) is 7.74. The van der Waals surface area contributed by atoms with Gasteiger partial charge in [0.25, 0.3) is 10.2 Å². The Balaban J connectivity index is 2.40. The lowest BCUT2D eigenvalue weighted by molar-refractivity contribution is 0.566. The van der Waals surface area contributed by atoms with Crippen LogP contribution in [0.25, 0.3) is 0 Å². The summed E-state index contributed by atoms with van der Waals surface area (Å²) < 4.78 is 52.0. The summed E-state index contributed by atoms with van der Waals surface area (Å²) in [7, 11) is -6.66. The Labute approximate surface area is 126 Å². The number of rotatable bonds is 9. The van der Waals surface area contributed by atoms with E-state index in [0.29, 0.717) is 31.6 Å². The number of benzene rings is 1. The first-order valence-electron chi connectivity index (χ1n) is 6.53. The van der Waals surface area contributed by atoms with Crippen molar-refractivity contribution in [3.8, 4) is 0 Å². The highest BCUT2D eigenvalue weighted by molar-refractivity contribution is 7.92. The summed E-state index contributed by atoms with van der Waals surface area (Å²) >= 11 is 0. The van der Waals surface area contributed by atoms with Crippen molar-refractivity contribution in [3.05, 3.63) is 29.8 Å². The van der Waals surface area contributed by atoms with E-state index < -0.39 is 20.2 Å². The van der Waals surface area contributed by atoms with Crippen LogP contribution in [-0.2, 0) is 26.7 Å². The third-order valence-electron chi connectivity index (χ3n) is 2.53. The topological polar surface area (TPSA) is 104 Å². The molecule has 0 saturated carbocycles. The molecule has 0 fully saturated rings. The van der Waals surface area contributed by atoms with Gasteiger partial charge in [-0.3, -0.25) is 4.72 Å². The van der Waals surface area contributed by atoms with E-state index >= 15 is 0 Å². The van der Waals surface area contributed by atoms with Gasteiger partial charge in [0.05, 0.1) is 6.26 Å². The Bertz CT molecular complexity index is 640. The molecule has 120 valence electrons. The van der Waals surface area contributed by atoms with Crippen LogP contribution in [0, 0.1) is 0 Å². The fourth-order valence-corrected chi connectivity index (χ4v) is 3.15. The van der Waals surface area contributed by atoms with Crippen LogP contribution in [0.5, 0.6) is 0 Å². The smallest absolute Gasteiger partial charge is 0.276 e. The Hall–Kier alpha value is -1.16. The molecular formula is C12H21N3O4S2. The third kappa shape index (κ3) is 8.00. The van der Waals surface area contributed by atoms with E-state index in [1.54, 1.807) is 19.1 Å². The van der Waals surface area contributed by atoms with Gasteiger partial charge in [-0.15, -0.1) is 0 Å². The summed E-state index contributed by atoms with van der Waals surface area (Å²) in [5.74, 6) is 0. The minimum atomic E-state index is -3.39. The van der Waals surface area contributed by atoms with E-state index in [1.165, 1.54) is 0 Å². The summed E-state index contributed by atoms with van der Waals surface area (Å²) in [5.41, 5.74) is 1.52. The number of aryl methyl sites for hydroxylation is 1. The molecule has 0 saturated heterocycles. The molecule has 3 N–H and O–H groups in total. The number of anilines is 1. The van der Waals surface area contributed by atoms with Gasteiger partial charge in [-0.2, -0.15) is 8.42 Å². The van der Waals surface area contributed by atoms with Crippen molar-refractivity contribution in [3.63, 3.8) is 0 Å². The molecule has 0 radical (unpaired) electrons. The van der Waals surface area contributed by atoms with Crippen molar-refractivity contribution in [2.45, 2.75) is 19.8 Å². The fraction of sp³-hybridized carbons (Fsp3) is 0.500. The van der Waals surface area contributed by atoms with Gasteiger partial charge in [0.1, 0.15) is 0 Å². The Kier molecular flexibility index (Phi) is 6.59. The SMILES string of the molecule is CCNS(=O)(=O)NCCCc1ccc(NS(C)(=O)=O)cc1. The van der Waals surface area contributed by atoms with Crippen LogP contribution in [0.1, 0.15) is 18.9 Å². The van der Waals surface area contributed by atoms with E-state index in [-0.39, 0.29) is 0 Å². The van der Waals surface area contributed by atoms with Gasteiger partial charge >= 0.3 is 0 Å². The number of nitrogens with one attached hydrogen (secondary N) is 3. The molecule has 0 aromatic heterocycles. The summed E-state index contributed by atoms with van der Waals surface area (Å²) in [5, 5.41) is 0. The van der Waals surface area contributed by atoms with Gasteiger partial charge in [0, 0.05) is 18.8 Å². The third-order valence-corrected chi connectivity index (χ3v) is 4.39. The van der Waals surface area contributed by atoms with Crippen molar-refractivity contribution in [2.24, 2.45) is 0 Å². The molecule has 0 heterocycles. The highest BCUT2D eigenvalue weighted by atomic mass is 32.2. The van der Waals surface area contributed by atoms with Crippen LogP contribution < -0.4 is 14.2 Å². The van der Waals surface area contributed by atoms with Crippen molar-refractivity contribution in [1.29, 1.82) is 0 Å². The molecule has 7 nitrogen and oxygen atoms in total. The number of hydrogen-bond donors (Lipinski definition) is 3. The lowest BCUT2D eigenvalue weighted by atomic mass is 10.1. The van der Waals surface area contributed by atoms with Gasteiger partial charge in [-0.05, 0) is 30.5 Å². The average Bonchev–Trinajstić information content (AvgIpc) is 2.34. The van der Waals surface area contributed by atoms with Crippen molar-refractivity contribution in [2.75, 3.05) is 24.1 Å². The first-order chi connectivity index (χ1) is 9.72. The van der Waals surface area contributed by atoms with Gasteiger partial charge in [-0.25, -0.2) is 17.9 Å². The highest BCUT2D eigenvalue weighted by Gasteiger charge is 2.06. The van der Waals surface area contributed by atoms with E-state index in [1.807, 2.05) is 12.1 Å². The van der Waals surface area contributed by atoms with E-state index in [4.69, 9.17) is 0 Å². The van der Waals surface area contributed by atoms with Gasteiger partial charge in [0.15, 0.2) is 0 Å². The Morgan fingerprint density at radius 1 is 1.00 bits per heavy atom. The van der Waals surface area contributed by atoms with Crippen molar-refractivity contribution >= 4 is 25.9 Å². The maximum Gasteiger partial charge on any atom is 0.276 e. The molecule has 0 aliphatic heterocycles. The zero-order chi connectivity index (χ0) is 15.9. The second-order valence-electron chi connectivity index (χ2n) is 4.57. The molecule has 0 aliphatic carbocycles. The van der Waals surface area contributed by atoms with Crippen LogP contribution in [0.3, 0.4) is 0 Å². The molecule has 0 amide bonds. The summed E-state index contributed by atoms with van der Waals surface area (Å²) in [6.07, 6.45) is 2.45. The first-order valence-corrected chi connectivity index (χ1v) is 9.90. The Morgan fingerprint density at radius 3 is 2.14 bits per heavy atom. The molecule has 0 aliphatic rings. The van der Waals surface area contributed by atoms with Gasteiger partial charge in [0.2, 0.25) is 10.0 Å². The van der Waals surface area contributed by atoms with E-state index in [9.17, 15) is 16.8 Å². The maximum atomic E-state index is 11.3. The van der Waals surface area contributed by atoms with Crippen LogP contribution in [-0.4, -0.2) is 36.2 Å².